The highest BCUT2D eigenvalue weighted by molar-refractivity contribution is 5.30. The fourth-order valence-corrected chi connectivity index (χ4v) is 2.51. The lowest BCUT2D eigenvalue weighted by molar-refractivity contribution is 0.541. The first-order valence-corrected chi connectivity index (χ1v) is 7.47. The molecular formula is C18H24N2. The van der Waals surface area contributed by atoms with E-state index in [9.17, 15) is 0 Å². The number of nitrogens with one attached hydrogen (secondary N) is 1. The SMILES string of the molecule is CCNC(Cc1ccc(CC)cn1)c1ccccc1C. The molecule has 20 heavy (non-hydrogen) atoms. The number of rotatable bonds is 6. The van der Waals surface area contributed by atoms with Gasteiger partial charge in [-0.1, -0.05) is 44.2 Å². The fraction of sp³-hybridized carbons (Fsp3) is 0.389. The Morgan fingerprint density at radius 3 is 2.50 bits per heavy atom. The summed E-state index contributed by atoms with van der Waals surface area (Å²) in [4.78, 5) is 4.59. The molecule has 1 unspecified atom stereocenters. The third-order valence-electron chi connectivity index (χ3n) is 3.72. The van der Waals surface area contributed by atoms with Crippen LogP contribution in [0.5, 0.6) is 0 Å². The molecule has 0 aliphatic rings. The second-order valence-corrected chi connectivity index (χ2v) is 5.18. The quantitative estimate of drug-likeness (QED) is 0.861. The molecule has 0 saturated heterocycles. The van der Waals surface area contributed by atoms with Crippen LogP contribution in [0, 0.1) is 6.92 Å². The molecule has 0 bridgehead atoms. The molecule has 0 amide bonds. The van der Waals surface area contributed by atoms with Crippen LogP contribution in [-0.4, -0.2) is 11.5 Å². The van der Waals surface area contributed by atoms with Gasteiger partial charge in [0.1, 0.15) is 0 Å². The summed E-state index contributed by atoms with van der Waals surface area (Å²) in [5, 5.41) is 3.58. The maximum Gasteiger partial charge on any atom is 0.0422 e. The van der Waals surface area contributed by atoms with Crippen molar-refractivity contribution in [3.05, 3.63) is 65.0 Å². The van der Waals surface area contributed by atoms with Crippen molar-refractivity contribution >= 4 is 0 Å². The van der Waals surface area contributed by atoms with Gasteiger partial charge in [0.2, 0.25) is 0 Å². The predicted octanol–water partition coefficient (Wildman–Crippen LogP) is 3.85. The summed E-state index contributed by atoms with van der Waals surface area (Å²) in [6.07, 6.45) is 3.97. The van der Waals surface area contributed by atoms with Crippen LogP contribution in [0.1, 0.15) is 42.3 Å². The van der Waals surface area contributed by atoms with E-state index in [-0.39, 0.29) is 0 Å². The Morgan fingerprint density at radius 2 is 1.90 bits per heavy atom. The Morgan fingerprint density at radius 1 is 1.10 bits per heavy atom. The zero-order chi connectivity index (χ0) is 14.4. The molecule has 0 spiro atoms. The minimum absolute atomic E-state index is 0.334. The zero-order valence-electron chi connectivity index (χ0n) is 12.7. The van der Waals surface area contributed by atoms with E-state index in [4.69, 9.17) is 0 Å². The topological polar surface area (TPSA) is 24.9 Å². The second kappa shape index (κ2) is 7.20. The van der Waals surface area contributed by atoms with Gasteiger partial charge in [-0.15, -0.1) is 0 Å². The van der Waals surface area contributed by atoms with Crippen LogP contribution in [-0.2, 0) is 12.8 Å². The van der Waals surface area contributed by atoms with E-state index in [1.807, 2.05) is 6.20 Å². The van der Waals surface area contributed by atoms with Crippen LogP contribution < -0.4 is 5.32 Å². The van der Waals surface area contributed by atoms with Crippen LogP contribution >= 0.6 is 0 Å². The smallest absolute Gasteiger partial charge is 0.0422 e. The number of likely N-dealkylation sites (N-methyl/N-ethyl adjacent to an activating group) is 1. The average molecular weight is 268 g/mol. The highest BCUT2D eigenvalue weighted by atomic mass is 14.9. The van der Waals surface area contributed by atoms with Crippen molar-refractivity contribution in [2.75, 3.05) is 6.54 Å². The van der Waals surface area contributed by atoms with Crippen molar-refractivity contribution in [2.24, 2.45) is 0 Å². The molecule has 2 heteroatoms. The number of pyridine rings is 1. The predicted molar refractivity (Wildman–Crippen MR) is 84.9 cm³/mol. The molecule has 1 atom stereocenters. The molecule has 0 radical (unpaired) electrons. The number of aromatic nitrogens is 1. The second-order valence-electron chi connectivity index (χ2n) is 5.18. The minimum atomic E-state index is 0.334. The van der Waals surface area contributed by atoms with E-state index < -0.39 is 0 Å². The lowest BCUT2D eigenvalue weighted by Gasteiger charge is -2.20. The Hall–Kier alpha value is -1.67. The van der Waals surface area contributed by atoms with Crippen molar-refractivity contribution in [3.63, 3.8) is 0 Å². The molecule has 1 N–H and O–H groups in total. The van der Waals surface area contributed by atoms with Crippen LogP contribution in [0.2, 0.25) is 0 Å². The van der Waals surface area contributed by atoms with E-state index in [1.54, 1.807) is 0 Å². The summed E-state index contributed by atoms with van der Waals surface area (Å²) in [6, 6.07) is 13.3. The molecule has 0 fully saturated rings. The monoisotopic (exact) mass is 268 g/mol. The molecule has 1 heterocycles. The highest BCUT2D eigenvalue weighted by Crippen LogP contribution is 2.21. The first-order valence-electron chi connectivity index (χ1n) is 7.47. The number of aryl methyl sites for hydroxylation is 2. The van der Waals surface area contributed by atoms with E-state index in [0.717, 1.165) is 25.1 Å². The van der Waals surface area contributed by atoms with E-state index in [0.29, 0.717) is 6.04 Å². The molecule has 2 rings (SSSR count). The van der Waals surface area contributed by atoms with Crippen molar-refractivity contribution in [3.8, 4) is 0 Å². The van der Waals surface area contributed by atoms with Gasteiger partial charge in [0, 0.05) is 24.4 Å². The van der Waals surface area contributed by atoms with Crippen LogP contribution in [0.25, 0.3) is 0 Å². The third-order valence-corrected chi connectivity index (χ3v) is 3.72. The number of nitrogens with zero attached hydrogens (tertiary/aromatic N) is 1. The van der Waals surface area contributed by atoms with Crippen molar-refractivity contribution in [1.82, 2.24) is 10.3 Å². The summed E-state index contributed by atoms with van der Waals surface area (Å²) < 4.78 is 0. The fourth-order valence-electron chi connectivity index (χ4n) is 2.51. The lowest BCUT2D eigenvalue weighted by atomic mass is 9.97. The van der Waals surface area contributed by atoms with Gasteiger partial charge in [0.05, 0.1) is 0 Å². The molecule has 2 aromatic rings. The van der Waals surface area contributed by atoms with Crippen LogP contribution in [0.4, 0.5) is 0 Å². The summed E-state index contributed by atoms with van der Waals surface area (Å²) in [5.41, 5.74) is 5.15. The summed E-state index contributed by atoms with van der Waals surface area (Å²) in [7, 11) is 0. The lowest BCUT2D eigenvalue weighted by Crippen LogP contribution is -2.24. The Labute approximate surface area is 122 Å². The first kappa shape index (κ1) is 14.7. The Kier molecular flexibility index (Phi) is 5.31. The molecule has 2 nitrogen and oxygen atoms in total. The molecular weight excluding hydrogens is 244 g/mol. The standard InChI is InChI=1S/C18H24N2/c1-4-15-10-11-16(20-13-15)12-18(19-5-2)17-9-7-6-8-14(17)3/h6-11,13,18-19H,4-5,12H2,1-3H3. The third kappa shape index (κ3) is 3.67. The largest absolute Gasteiger partial charge is 0.310 e. The van der Waals surface area contributed by atoms with Gasteiger partial charge in [0.15, 0.2) is 0 Å². The van der Waals surface area contributed by atoms with E-state index >= 15 is 0 Å². The average Bonchev–Trinajstić information content (AvgIpc) is 2.48. The van der Waals surface area contributed by atoms with Gasteiger partial charge in [-0.25, -0.2) is 0 Å². The maximum atomic E-state index is 4.59. The van der Waals surface area contributed by atoms with Gasteiger partial charge in [-0.3, -0.25) is 4.98 Å². The minimum Gasteiger partial charge on any atom is -0.310 e. The number of benzene rings is 1. The normalized spacial score (nSPS) is 12.3. The maximum absolute atomic E-state index is 4.59. The highest BCUT2D eigenvalue weighted by Gasteiger charge is 2.13. The van der Waals surface area contributed by atoms with Gasteiger partial charge in [0.25, 0.3) is 0 Å². The Balaban J connectivity index is 2.18. The summed E-state index contributed by atoms with van der Waals surface area (Å²) in [5.74, 6) is 0. The number of hydrogen-bond donors (Lipinski definition) is 1. The molecule has 0 aliphatic carbocycles. The first-order chi connectivity index (χ1) is 9.74. The van der Waals surface area contributed by atoms with Gasteiger partial charge in [-0.05, 0) is 42.6 Å². The molecule has 0 aliphatic heterocycles. The summed E-state index contributed by atoms with van der Waals surface area (Å²) >= 11 is 0. The Bertz CT molecular complexity index is 531. The molecule has 1 aromatic heterocycles. The molecule has 106 valence electrons. The van der Waals surface area contributed by atoms with Crippen molar-refractivity contribution < 1.29 is 0 Å². The van der Waals surface area contributed by atoms with Crippen LogP contribution in [0.3, 0.4) is 0 Å². The molecule has 0 saturated carbocycles. The van der Waals surface area contributed by atoms with E-state index in [1.165, 1.54) is 16.7 Å². The van der Waals surface area contributed by atoms with Gasteiger partial charge in [-0.2, -0.15) is 0 Å². The van der Waals surface area contributed by atoms with E-state index in [2.05, 4.69) is 67.5 Å². The summed E-state index contributed by atoms with van der Waals surface area (Å²) in [6.45, 7) is 7.45. The number of hydrogen-bond acceptors (Lipinski definition) is 2. The van der Waals surface area contributed by atoms with Crippen molar-refractivity contribution in [2.45, 2.75) is 39.7 Å². The van der Waals surface area contributed by atoms with Gasteiger partial charge < -0.3 is 5.32 Å². The van der Waals surface area contributed by atoms with Gasteiger partial charge >= 0.3 is 0 Å². The van der Waals surface area contributed by atoms with Crippen LogP contribution in [0.15, 0.2) is 42.6 Å². The van der Waals surface area contributed by atoms with Crippen molar-refractivity contribution in [1.29, 1.82) is 0 Å². The molecule has 1 aromatic carbocycles. The zero-order valence-corrected chi connectivity index (χ0v) is 12.7.